The first-order valence-corrected chi connectivity index (χ1v) is 16.0. The van der Waals surface area contributed by atoms with Gasteiger partial charge in [0.2, 0.25) is 0 Å². The van der Waals surface area contributed by atoms with Crippen molar-refractivity contribution in [3.63, 3.8) is 0 Å². The van der Waals surface area contributed by atoms with E-state index in [1.807, 2.05) is 49.4 Å². The van der Waals surface area contributed by atoms with Gasteiger partial charge in [-0.15, -0.1) is 0 Å². The van der Waals surface area contributed by atoms with Crippen LogP contribution in [0.2, 0.25) is 10.0 Å². The predicted molar refractivity (Wildman–Crippen MR) is 178 cm³/mol. The number of methoxy groups -OCH3 is 1. The van der Waals surface area contributed by atoms with Crippen LogP contribution in [0.5, 0.6) is 11.5 Å². The molecule has 5 rings (SSSR count). The lowest BCUT2D eigenvalue weighted by Gasteiger charge is -2.24. The quantitative estimate of drug-likeness (QED) is 0.150. The highest BCUT2D eigenvalue weighted by Gasteiger charge is 2.33. The van der Waals surface area contributed by atoms with E-state index < -0.39 is 12.0 Å². The van der Waals surface area contributed by atoms with Gasteiger partial charge in [-0.05, 0) is 84.8 Å². The number of hydrogen-bond acceptors (Lipinski definition) is 7. The third-order valence-electron chi connectivity index (χ3n) is 6.83. The number of nitrogens with zero attached hydrogens (tertiary/aromatic N) is 2. The van der Waals surface area contributed by atoms with Crippen LogP contribution in [0.25, 0.3) is 6.08 Å². The monoisotopic (exact) mass is 748 g/mol. The Morgan fingerprint density at radius 3 is 2.51 bits per heavy atom. The first kappa shape index (κ1) is 31.3. The molecule has 0 spiro atoms. The van der Waals surface area contributed by atoms with E-state index in [0.717, 1.165) is 20.3 Å². The highest BCUT2D eigenvalue weighted by atomic mass is 127. The second kappa shape index (κ2) is 13.3. The minimum atomic E-state index is -0.686. The fraction of sp³-hybridized carbons (Fsp3) is 0.219. The molecular weight excluding hydrogens is 722 g/mol. The molecule has 2 heterocycles. The molecule has 1 atom stereocenters. The maximum Gasteiger partial charge on any atom is 0.338 e. The zero-order valence-electron chi connectivity index (χ0n) is 23.7. The maximum atomic E-state index is 14.1. The van der Waals surface area contributed by atoms with E-state index >= 15 is 0 Å². The molecule has 0 saturated heterocycles. The maximum absolute atomic E-state index is 14.1. The second-order valence-corrected chi connectivity index (χ2v) is 12.8. The number of carbonyl (C=O) groups excluding carboxylic acids is 1. The van der Waals surface area contributed by atoms with Crippen molar-refractivity contribution in [3.05, 3.63) is 121 Å². The number of aromatic nitrogens is 1. The summed E-state index contributed by atoms with van der Waals surface area (Å²) in [5, 5.41) is 0.887. The average molecular weight is 749 g/mol. The highest BCUT2D eigenvalue weighted by molar-refractivity contribution is 14.1. The van der Waals surface area contributed by atoms with Crippen LogP contribution in [-0.2, 0) is 16.1 Å². The van der Waals surface area contributed by atoms with Crippen LogP contribution in [0.15, 0.2) is 75.7 Å². The number of carbonyl (C=O) groups is 1. The lowest BCUT2D eigenvalue weighted by molar-refractivity contribution is -0.139. The Hall–Kier alpha value is -3.12. The molecule has 0 fully saturated rings. The molecule has 4 aromatic rings. The molecule has 1 aromatic heterocycles. The van der Waals surface area contributed by atoms with Gasteiger partial charge in [-0.25, -0.2) is 9.79 Å². The number of hydrogen-bond donors (Lipinski definition) is 0. The van der Waals surface area contributed by atoms with E-state index in [-0.39, 0.29) is 18.8 Å². The Bertz CT molecular complexity index is 1930. The summed E-state index contributed by atoms with van der Waals surface area (Å²) in [5.74, 6) is 0.492. The molecule has 0 amide bonds. The number of halogens is 3. The zero-order chi connectivity index (χ0) is 30.8. The van der Waals surface area contributed by atoms with Gasteiger partial charge in [0.15, 0.2) is 16.3 Å². The molecule has 7 nitrogen and oxygen atoms in total. The van der Waals surface area contributed by atoms with Gasteiger partial charge >= 0.3 is 5.97 Å². The Labute approximate surface area is 276 Å². The number of allylic oxidation sites excluding steroid dienone is 1. The number of aryl methyl sites for hydroxylation is 1. The van der Waals surface area contributed by atoms with Crippen LogP contribution in [0, 0.1) is 10.5 Å². The fourth-order valence-electron chi connectivity index (χ4n) is 4.78. The van der Waals surface area contributed by atoms with E-state index in [1.54, 1.807) is 43.7 Å². The number of rotatable bonds is 8. The molecule has 11 heteroatoms. The normalized spacial score (nSPS) is 14.8. The summed E-state index contributed by atoms with van der Waals surface area (Å²) in [6, 6.07) is 16.1. The van der Waals surface area contributed by atoms with Gasteiger partial charge in [0, 0.05) is 9.13 Å². The van der Waals surface area contributed by atoms with Gasteiger partial charge in [0.05, 0.1) is 45.6 Å². The standard InChI is InChI=1S/C32H27Cl2IN2O5S/c1-5-41-31(39)27-18(3)36-32-37(28(27)20-9-6-17(2)7-10-20)30(38)26(43-32)14-21-13-22(35)15-25(40-4)29(21)42-16-19-8-11-23(33)24(34)12-19/h6-15,28H,5,16H2,1-4H3/b26-14-/t28-/m1/s1. The van der Waals surface area contributed by atoms with Crippen LogP contribution in [0.4, 0.5) is 0 Å². The number of thiazole rings is 1. The minimum absolute atomic E-state index is 0.200. The molecule has 0 saturated carbocycles. The Morgan fingerprint density at radius 2 is 1.84 bits per heavy atom. The number of benzene rings is 3. The first-order valence-electron chi connectivity index (χ1n) is 13.3. The molecule has 222 valence electrons. The SMILES string of the molecule is CCOC(=O)C1=C(C)N=c2s/c(=C\c3cc(I)cc(OC)c3OCc3ccc(Cl)c(Cl)c3)c(=O)n2[C@@H]1c1ccc(C)cc1. The minimum Gasteiger partial charge on any atom is -0.493 e. The summed E-state index contributed by atoms with van der Waals surface area (Å²) in [7, 11) is 1.57. The molecule has 0 aliphatic carbocycles. The van der Waals surface area contributed by atoms with Gasteiger partial charge in [-0.2, -0.15) is 0 Å². The van der Waals surface area contributed by atoms with Crippen molar-refractivity contribution in [1.29, 1.82) is 0 Å². The molecule has 1 aliphatic heterocycles. The Kier molecular flexibility index (Phi) is 9.65. The van der Waals surface area contributed by atoms with E-state index in [0.29, 0.717) is 47.7 Å². The largest absolute Gasteiger partial charge is 0.493 e. The second-order valence-electron chi connectivity index (χ2n) is 9.78. The molecule has 43 heavy (non-hydrogen) atoms. The van der Waals surface area contributed by atoms with Crippen molar-refractivity contribution < 1.29 is 19.0 Å². The van der Waals surface area contributed by atoms with Crippen molar-refractivity contribution in [2.24, 2.45) is 4.99 Å². The fourth-order valence-corrected chi connectivity index (χ4v) is 6.76. The molecular formula is C32H27Cl2IN2O5S. The number of fused-ring (bicyclic) bond motifs is 1. The zero-order valence-corrected chi connectivity index (χ0v) is 28.2. The predicted octanol–water partition coefficient (Wildman–Crippen LogP) is 6.61. The van der Waals surface area contributed by atoms with Gasteiger partial charge in [-0.1, -0.05) is 70.4 Å². The Morgan fingerprint density at radius 1 is 1.09 bits per heavy atom. The van der Waals surface area contributed by atoms with Crippen LogP contribution in [0.3, 0.4) is 0 Å². The average Bonchev–Trinajstić information content (AvgIpc) is 3.27. The first-order chi connectivity index (χ1) is 20.6. The number of esters is 1. The summed E-state index contributed by atoms with van der Waals surface area (Å²) >= 11 is 15.7. The number of ether oxygens (including phenoxy) is 3. The van der Waals surface area contributed by atoms with Gasteiger partial charge in [0.25, 0.3) is 5.56 Å². The van der Waals surface area contributed by atoms with Crippen LogP contribution < -0.4 is 24.4 Å². The molecule has 0 unspecified atom stereocenters. The summed E-state index contributed by atoms with van der Waals surface area (Å²) in [6.45, 7) is 5.91. The summed E-state index contributed by atoms with van der Waals surface area (Å²) in [6.07, 6.45) is 1.77. The van der Waals surface area contributed by atoms with E-state index in [2.05, 4.69) is 27.6 Å². The summed E-state index contributed by atoms with van der Waals surface area (Å²) in [5.41, 5.74) is 3.90. The van der Waals surface area contributed by atoms with Crippen molar-refractivity contribution in [1.82, 2.24) is 4.57 Å². The van der Waals surface area contributed by atoms with Crippen LogP contribution in [0.1, 0.15) is 42.1 Å². The molecule has 0 radical (unpaired) electrons. The van der Waals surface area contributed by atoms with Gasteiger partial charge in [-0.3, -0.25) is 9.36 Å². The summed E-state index contributed by atoms with van der Waals surface area (Å²) in [4.78, 5) is 32.4. The van der Waals surface area contributed by atoms with Crippen molar-refractivity contribution >= 4 is 69.2 Å². The highest BCUT2D eigenvalue weighted by Crippen LogP contribution is 2.35. The smallest absolute Gasteiger partial charge is 0.338 e. The third-order valence-corrected chi connectivity index (χ3v) is 9.18. The topological polar surface area (TPSA) is 79.1 Å². The van der Waals surface area contributed by atoms with E-state index in [1.165, 1.54) is 11.3 Å². The molecule has 3 aromatic carbocycles. The van der Waals surface area contributed by atoms with E-state index in [4.69, 9.17) is 37.4 Å². The van der Waals surface area contributed by atoms with Crippen LogP contribution >= 0.6 is 57.1 Å². The van der Waals surface area contributed by atoms with Gasteiger partial charge < -0.3 is 14.2 Å². The lowest BCUT2D eigenvalue weighted by atomic mass is 9.95. The third kappa shape index (κ3) is 6.55. The van der Waals surface area contributed by atoms with Gasteiger partial charge in [0.1, 0.15) is 6.61 Å². The van der Waals surface area contributed by atoms with Crippen molar-refractivity contribution in [2.75, 3.05) is 13.7 Å². The molecule has 1 aliphatic rings. The molecule has 0 bridgehead atoms. The molecule has 0 N–H and O–H groups in total. The van der Waals surface area contributed by atoms with E-state index in [9.17, 15) is 9.59 Å². The lowest BCUT2D eigenvalue weighted by Crippen LogP contribution is -2.39. The van der Waals surface area contributed by atoms with Crippen molar-refractivity contribution in [2.45, 2.75) is 33.4 Å². The van der Waals surface area contributed by atoms with Crippen LogP contribution in [-0.4, -0.2) is 24.3 Å². The summed E-state index contributed by atoms with van der Waals surface area (Å²) < 4.78 is 20.2. The Balaban J connectivity index is 1.65. The van der Waals surface area contributed by atoms with Crippen molar-refractivity contribution in [3.8, 4) is 11.5 Å².